The van der Waals surface area contributed by atoms with Gasteiger partial charge in [0.25, 0.3) is 5.91 Å². The fraction of sp³-hybridized carbons (Fsp3) is 0.286. The fourth-order valence-corrected chi connectivity index (χ4v) is 3.33. The molecule has 1 saturated heterocycles. The normalized spacial score (nSPS) is 15.6. The zero-order valence-corrected chi connectivity index (χ0v) is 15.3. The van der Waals surface area contributed by atoms with E-state index in [1.807, 2.05) is 48.2 Å². The van der Waals surface area contributed by atoms with Crippen LogP contribution in [0.2, 0.25) is 0 Å². The summed E-state index contributed by atoms with van der Waals surface area (Å²) >= 11 is 0. The molecule has 1 fully saturated rings. The molecule has 1 atom stereocenters. The van der Waals surface area contributed by atoms with Gasteiger partial charge in [0.1, 0.15) is 5.75 Å². The highest BCUT2D eigenvalue weighted by Crippen LogP contribution is 2.22. The molecule has 0 spiro atoms. The number of benzene rings is 2. The summed E-state index contributed by atoms with van der Waals surface area (Å²) in [6, 6.07) is 15.8. The zero-order valence-electron chi connectivity index (χ0n) is 15.3. The molecule has 4 rings (SSSR count). The van der Waals surface area contributed by atoms with Crippen LogP contribution in [0, 0.1) is 0 Å². The Morgan fingerprint density at radius 2 is 1.67 bits per heavy atom. The molecule has 3 aromatic rings. The van der Waals surface area contributed by atoms with E-state index in [0.717, 1.165) is 23.9 Å². The Morgan fingerprint density at radius 3 is 2.41 bits per heavy atom. The second-order valence-electron chi connectivity index (χ2n) is 6.63. The maximum absolute atomic E-state index is 12.8. The van der Waals surface area contributed by atoms with Gasteiger partial charge in [0.05, 0.1) is 0 Å². The van der Waals surface area contributed by atoms with Gasteiger partial charge in [-0.05, 0) is 35.9 Å². The van der Waals surface area contributed by atoms with Crippen LogP contribution in [0.1, 0.15) is 6.92 Å². The van der Waals surface area contributed by atoms with Crippen LogP contribution in [0.25, 0.3) is 10.8 Å². The zero-order chi connectivity index (χ0) is 18.6. The average molecular weight is 362 g/mol. The van der Waals surface area contributed by atoms with Crippen LogP contribution in [0.15, 0.2) is 60.9 Å². The first-order chi connectivity index (χ1) is 13.2. The largest absolute Gasteiger partial charge is 0.481 e. The Kier molecular flexibility index (Phi) is 4.87. The molecule has 1 aromatic heterocycles. The molecule has 1 aliphatic rings. The van der Waals surface area contributed by atoms with Gasteiger partial charge in [0.15, 0.2) is 6.10 Å². The summed E-state index contributed by atoms with van der Waals surface area (Å²) in [6.45, 7) is 4.53. The third-order valence-electron chi connectivity index (χ3n) is 4.81. The van der Waals surface area contributed by atoms with E-state index >= 15 is 0 Å². The fourth-order valence-electron chi connectivity index (χ4n) is 3.33. The highest BCUT2D eigenvalue weighted by atomic mass is 16.5. The molecule has 138 valence electrons. The van der Waals surface area contributed by atoms with Crippen LogP contribution >= 0.6 is 0 Å². The van der Waals surface area contributed by atoms with Gasteiger partial charge >= 0.3 is 0 Å². The first kappa shape index (κ1) is 17.3. The van der Waals surface area contributed by atoms with Crippen LogP contribution in [0.3, 0.4) is 0 Å². The molecule has 0 N–H and O–H groups in total. The third-order valence-corrected chi connectivity index (χ3v) is 4.81. The number of rotatable bonds is 4. The van der Waals surface area contributed by atoms with Crippen molar-refractivity contribution in [2.75, 3.05) is 31.1 Å². The van der Waals surface area contributed by atoms with Crippen molar-refractivity contribution in [2.45, 2.75) is 13.0 Å². The number of ether oxygens (including phenoxy) is 1. The molecule has 2 heterocycles. The molecule has 0 aliphatic carbocycles. The maximum Gasteiger partial charge on any atom is 0.263 e. The number of carbonyl (C=O) groups excluding carboxylic acids is 1. The Morgan fingerprint density at radius 1 is 0.963 bits per heavy atom. The summed E-state index contributed by atoms with van der Waals surface area (Å²) in [6.07, 6.45) is 2.95. The van der Waals surface area contributed by atoms with Crippen LogP contribution in [0.4, 0.5) is 5.95 Å². The van der Waals surface area contributed by atoms with Gasteiger partial charge in [-0.15, -0.1) is 0 Å². The molecule has 6 heteroatoms. The second kappa shape index (κ2) is 7.61. The summed E-state index contributed by atoms with van der Waals surface area (Å²) in [5, 5.41) is 2.26. The predicted octanol–water partition coefficient (Wildman–Crippen LogP) is 2.75. The van der Waals surface area contributed by atoms with Crippen LogP contribution < -0.4 is 9.64 Å². The number of hydrogen-bond donors (Lipinski definition) is 0. The van der Waals surface area contributed by atoms with E-state index in [2.05, 4.69) is 20.9 Å². The second-order valence-corrected chi connectivity index (χ2v) is 6.63. The molecule has 0 radical (unpaired) electrons. The number of amides is 1. The van der Waals surface area contributed by atoms with Gasteiger partial charge in [-0.25, -0.2) is 9.97 Å². The van der Waals surface area contributed by atoms with Gasteiger partial charge in [0.2, 0.25) is 5.95 Å². The van der Waals surface area contributed by atoms with E-state index in [1.165, 1.54) is 0 Å². The summed E-state index contributed by atoms with van der Waals surface area (Å²) < 4.78 is 5.92. The van der Waals surface area contributed by atoms with Crippen molar-refractivity contribution in [3.63, 3.8) is 0 Å². The molecule has 2 aromatic carbocycles. The van der Waals surface area contributed by atoms with Gasteiger partial charge in [-0.1, -0.05) is 30.3 Å². The number of anilines is 1. The Balaban J connectivity index is 1.36. The Labute approximate surface area is 158 Å². The third kappa shape index (κ3) is 3.84. The van der Waals surface area contributed by atoms with Gasteiger partial charge < -0.3 is 14.5 Å². The first-order valence-electron chi connectivity index (χ1n) is 9.17. The highest BCUT2D eigenvalue weighted by Gasteiger charge is 2.26. The number of piperazine rings is 1. The lowest BCUT2D eigenvalue weighted by molar-refractivity contribution is -0.138. The molecule has 0 unspecified atom stereocenters. The van der Waals surface area contributed by atoms with Crippen LogP contribution in [0.5, 0.6) is 5.75 Å². The molecular weight excluding hydrogens is 340 g/mol. The van der Waals surface area contributed by atoms with E-state index in [9.17, 15) is 4.79 Å². The standard InChI is InChI=1S/C21H22N4O2/c1-16(27-19-8-7-17-5-2-3-6-18(17)15-19)20(26)24-11-13-25(14-12-24)21-22-9-4-10-23-21/h2-10,15-16H,11-14H2,1H3/t16-/m0/s1. The maximum atomic E-state index is 12.8. The highest BCUT2D eigenvalue weighted by molar-refractivity contribution is 5.84. The predicted molar refractivity (Wildman–Crippen MR) is 105 cm³/mol. The Hall–Kier alpha value is -3.15. The molecule has 0 bridgehead atoms. The summed E-state index contributed by atoms with van der Waals surface area (Å²) in [5.74, 6) is 1.44. The quantitative estimate of drug-likeness (QED) is 0.714. The molecule has 1 amide bonds. The molecule has 1 aliphatic heterocycles. The molecule has 0 saturated carbocycles. The van der Waals surface area contributed by atoms with Gasteiger partial charge in [-0.2, -0.15) is 0 Å². The topological polar surface area (TPSA) is 58.6 Å². The van der Waals surface area contributed by atoms with E-state index < -0.39 is 6.10 Å². The van der Waals surface area contributed by atoms with Crippen molar-refractivity contribution >= 4 is 22.6 Å². The van der Waals surface area contributed by atoms with Crippen molar-refractivity contribution in [1.82, 2.24) is 14.9 Å². The summed E-state index contributed by atoms with van der Waals surface area (Å²) in [5.41, 5.74) is 0. The number of aromatic nitrogens is 2. The molecular formula is C21H22N4O2. The summed E-state index contributed by atoms with van der Waals surface area (Å²) in [4.78, 5) is 25.3. The smallest absolute Gasteiger partial charge is 0.263 e. The monoisotopic (exact) mass is 362 g/mol. The lowest BCUT2D eigenvalue weighted by Crippen LogP contribution is -2.52. The van der Waals surface area contributed by atoms with Crippen molar-refractivity contribution in [3.8, 4) is 5.75 Å². The molecule has 6 nitrogen and oxygen atoms in total. The van der Waals surface area contributed by atoms with Crippen molar-refractivity contribution in [1.29, 1.82) is 0 Å². The van der Waals surface area contributed by atoms with Crippen molar-refractivity contribution in [2.24, 2.45) is 0 Å². The van der Waals surface area contributed by atoms with Crippen LogP contribution in [-0.4, -0.2) is 53.1 Å². The van der Waals surface area contributed by atoms with Gasteiger partial charge in [0, 0.05) is 38.6 Å². The Bertz CT molecular complexity index is 924. The lowest BCUT2D eigenvalue weighted by Gasteiger charge is -2.35. The van der Waals surface area contributed by atoms with E-state index in [1.54, 1.807) is 18.5 Å². The van der Waals surface area contributed by atoms with Crippen LogP contribution in [-0.2, 0) is 4.79 Å². The number of hydrogen-bond acceptors (Lipinski definition) is 5. The van der Waals surface area contributed by atoms with Gasteiger partial charge in [-0.3, -0.25) is 4.79 Å². The molecule has 27 heavy (non-hydrogen) atoms. The minimum Gasteiger partial charge on any atom is -0.481 e. The lowest BCUT2D eigenvalue weighted by atomic mass is 10.1. The SMILES string of the molecule is C[C@H](Oc1ccc2ccccc2c1)C(=O)N1CCN(c2ncccn2)CC1. The van der Waals surface area contributed by atoms with E-state index in [4.69, 9.17) is 4.74 Å². The van der Waals surface area contributed by atoms with E-state index in [0.29, 0.717) is 24.8 Å². The minimum absolute atomic E-state index is 0.0109. The number of fused-ring (bicyclic) bond motifs is 1. The van der Waals surface area contributed by atoms with E-state index in [-0.39, 0.29) is 5.91 Å². The summed E-state index contributed by atoms with van der Waals surface area (Å²) in [7, 11) is 0. The first-order valence-corrected chi connectivity index (χ1v) is 9.17. The van der Waals surface area contributed by atoms with Crippen molar-refractivity contribution in [3.05, 3.63) is 60.9 Å². The van der Waals surface area contributed by atoms with Crippen molar-refractivity contribution < 1.29 is 9.53 Å². The number of carbonyl (C=O) groups is 1. The average Bonchev–Trinajstić information content (AvgIpc) is 2.74. The number of nitrogens with zero attached hydrogens (tertiary/aromatic N) is 4. The minimum atomic E-state index is -0.523.